The van der Waals surface area contributed by atoms with Crippen LogP contribution in [0.4, 0.5) is 0 Å². The van der Waals surface area contributed by atoms with Crippen LogP contribution in [0.3, 0.4) is 0 Å². The van der Waals surface area contributed by atoms with Crippen molar-refractivity contribution in [1.82, 2.24) is 9.79 Å². The first-order valence-electron chi connectivity index (χ1n) is 7.09. The Hall–Kier alpha value is -2.08. The van der Waals surface area contributed by atoms with Gasteiger partial charge in [0, 0.05) is 6.54 Å². The molecule has 1 atom stereocenters. The van der Waals surface area contributed by atoms with E-state index in [1.54, 1.807) is 19.1 Å². The molecule has 2 N–H and O–H groups in total. The van der Waals surface area contributed by atoms with Gasteiger partial charge in [0.15, 0.2) is 0 Å². The summed E-state index contributed by atoms with van der Waals surface area (Å²) in [5.41, 5.74) is 1.52. The Morgan fingerprint density at radius 2 is 2.13 bits per heavy atom. The second kappa shape index (κ2) is 7.46. The number of carbonyl (C=O) groups is 1. The van der Waals surface area contributed by atoms with Crippen LogP contribution in [0.2, 0.25) is 0 Å². The first-order chi connectivity index (χ1) is 11.0. The summed E-state index contributed by atoms with van der Waals surface area (Å²) in [5.74, 6) is 5.23. The van der Waals surface area contributed by atoms with Gasteiger partial charge in [0.1, 0.15) is 18.4 Å². The zero-order valence-corrected chi connectivity index (χ0v) is 13.5. The molecule has 0 spiro atoms. The minimum absolute atomic E-state index is 0.0732. The van der Waals surface area contributed by atoms with Crippen molar-refractivity contribution in [2.75, 3.05) is 13.2 Å². The zero-order chi connectivity index (χ0) is 16.9. The van der Waals surface area contributed by atoms with Crippen molar-refractivity contribution in [3.63, 3.8) is 0 Å². The number of hydrogen-bond donors (Lipinski definition) is 2. The van der Waals surface area contributed by atoms with Crippen LogP contribution in [-0.2, 0) is 14.8 Å². The largest absolute Gasteiger partial charge is 0.481 e. The minimum Gasteiger partial charge on any atom is -0.481 e. The molecule has 1 saturated heterocycles. The topological polar surface area (TPSA) is 95.9 Å². The van der Waals surface area contributed by atoms with Crippen molar-refractivity contribution < 1.29 is 23.2 Å². The van der Waals surface area contributed by atoms with Gasteiger partial charge in [-0.3, -0.25) is 10.0 Å². The van der Waals surface area contributed by atoms with E-state index in [-0.39, 0.29) is 18.0 Å². The number of nitrogens with one attached hydrogen (secondary N) is 1. The van der Waals surface area contributed by atoms with Crippen molar-refractivity contribution in [3.8, 4) is 17.6 Å². The molecular weight excluding hydrogens is 320 g/mol. The van der Waals surface area contributed by atoms with Gasteiger partial charge in [-0.05, 0) is 44.0 Å². The van der Waals surface area contributed by atoms with E-state index >= 15 is 0 Å². The normalized spacial score (nSPS) is 18.1. The van der Waals surface area contributed by atoms with Gasteiger partial charge in [0.05, 0.1) is 4.90 Å². The summed E-state index contributed by atoms with van der Waals surface area (Å²) in [4.78, 5) is 11.7. The summed E-state index contributed by atoms with van der Waals surface area (Å²) in [6, 6.07) is 5.05. The molecule has 8 heteroatoms. The van der Waals surface area contributed by atoms with E-state index in [1.807, 2.05) is 0 Å². The number of ether oxygens (including phenoxy) is 1. The molecule has 1 aliphatic rings. The molecule has 1 aromatic rings. The predicted octanol–water partition coefficient (Wildman–Crippen LogP) is 0.747. The molecule has 1 heterocycles. The predicted molar refractivity (Wildman–Crippen MR) is 82.2 cm³/mol. The maximum Gasteiger partial charge on any atom is 0.261 e. The van der Waals surface area contributed by atoms with Crippen LogP contribution in [-0.4, -0.2) is 43.0 Å². The first-order valence-corrected chi connectivity index (χ1v) is 8.53. The van der Waals surface area contributed by atoms with Crippen LogP contribution in [0.1, 0.15) is 19.8 Å². The fraction of sp³-hybridized carbons (Fsp3) is 0.400. The maximum absolute atomic E-state index is 12.6. The van der Waals surface area contributed by atoms with Crippen LogP contribution < -0.4 is 10.2 Å². The highest BCUT2D eigenvalue weighted by Crippen LogP contribution is 2.27. The molecule has 0 radical (unpaired) electrons. The fourth-order valence-electron chi connectivity index (χ4n) is 2.40. The Bertz CT molecular complexity index is 718. The molecule has 0 bridgehead atoms. The summed E-state index contributed by atoms with van der Waals surface area (Å²) < 4.78 is 31.7. The number of nitrogens with zero attached hydrogens (tertiary/aromatic N) is 1. The molecule has 1 unspecified atom stereocenters. The Labute approximate surface area is 135 Å². The molecule has 0 aromatic heterocycles. The van der Waals surface area contributed by atoms with Gasteiger partial charge in [-0.25, -0.2) is 13.9 Å². The molecule has 7 nitrogen and oxygen atoms in total. The van der Waals surface area contributed by atoms with Gasteiger partial charge in [-0.15, -0.1) is 5.92 Å². The molecule has 1 fully saturated rings. The third-order valence-corrected chi connectivity index (χ3v) is 5.46. The lowest BCUT2D eigenvalue weighted by atomic mass is 10.2. The highest BCUT2D eigenvalue weighted by Gasteiger charge is 2.39. The smallest absolute Gasteiger partial charge is 0.261 e. The second-order valence-corrected chi connectivity index (χ2v) is 6.83. The van der Waals surface area contributed by atoms with Crippen molar-refractivity contribution in [1.29, 1.82) is 0 Å². The lowest BCUT2D eigenvalue weighted by Crippen LogP contribution is -2.44. The molecule has 2 rings (SSSR count). The van der Waals surface area contributed by atoms with Crippen LogP contribution in [0.25, 0.3) is 0 Å². The number of carbonyl (C=O) groups excluding carboxylic acids is 1. The highest BCUT2D eigenvalue weighted by molar-refractivity contribution is 7.89. The van der Waals surface area contributed by atoms with E-state index < -0.39 is 22.0 Å². The van der Waals surface area contributed by atoms with E-state index in [0.29, 0.717) is 18.6 Å². The average Bonchev–Trinajstić information content (AvgIpc) is 3.05. The van der Waals surface area contributed by atoms with Crippen LogP contribution in [0, 0.1) is 11.8 Å². The van der Waals surface area contributed by atoms with Crippen molar-refractivity contribution in [3.05, 3.63) is 24.3 Å². The summed E-state index contributed by atoms with van der Waals surface area (Å²) in [6.45, 7) is 2.17. The third kappa shape index (κ3) is 3.82. The second-order valence-electron chi connectivity index (χ2n) is 4.94. The standard InChI is InChI=1S/C15H18N2O5S/c1-2-3-11-22-12-6-8-13(9-7-12)23(20,21)17-10-4-5-14(17)15(18)16-19/h6-9,14,19H,4-5,10-11H2,1H3,(H,16,18). The van der Waals surface area contributed by atoms with Crippen LogP contribution >= 0.6 is 0 Å². The van der Waals surface area contributed by atoms with E-state index in [2.05, 4.69) is 11.8 Å². The van der Waals surface area contributed by atoms with Crippen molar-refractivity contribution >= 4 is 15.9 Å². The molecule has 1 aromatic carbocycles. The number of hydrogen-bond acceptors (Lipinski definition) is 5. The van der Waals surface area contributed by atoms with E-state index in [1.165, 1.54) is 17.6 Å². The Kier molecular flexibility index (Phi) is 5.60. The molecule has 1 aliphatic heterocycles. The summed E-state index contributed by atoms with van der Waals surface area (Å²) in [6.07, 6.45) is 0.941. The number of amides is 1. The third-order valence-electron chi connectivity index (χ3n) is 3.53. The number of rotatable bonds is 5. The lowest BCUT2D eigenvalue weighted by molar-refractivity contribution is -0.132. The molecule has 23 heavy (non-hydrogen) atoms. The molecule has 0 aliphatic carbocycles. The number of benzene rings is 1. The Morgan fingerprint density at radius 3 is 2.74 bits per heavy atom. The van der Waals surface area contributed by atoms with Crippen molar-refractivity contribution in [2.45, 2.75) is 30.7 Å². The number of sulfonamides is 1. The van der Waals surface area contributed by atoms with Gasteiger partial charge >= 0.3 is 0 Å². The zero-order valence-electron chi connectivity index (χ0n) is 12.7. The SMILES string of the molecule is CC#CCOc1ccc(S(=O)(=O)N2CCCC2C(=O)NO)cc1. The van der Waals surface area contributed by atoms with Gasteiger partial charge < -0.3 is 4.74 Å². The Balaban J connectivity index is 2.18. The van der Waals surface area contributed by atoms with Crippen LogP contribution in [0.5, 0.6) is 5.75 Å². The quantitative estimate of drug-likeness (QED) is 0.469. The number of hydroxylamine groups is 1. The minimum atomic E-state index is -3.81. The lowest BCUT2D eigenvalue weighted by Gasteiger charge is -2.22. The van der Waals surface area contributed by atoms with E-state index in [0.717, 1.165) is 4.31 Å². The average molecular weight is 338 g/mol. The van der Waals surface area contributed by atoms with Crippen LogP contribution in [0.15, 0.2) is 29.2 Å². The van der Waals surface area contributed by atoms with Gasteiger partial charge in [0.2, 0.25) is 10.0 Å². The summed E-state index contributed by atoms with van der Waals surface area (Å²) >= 11 is 0. The Morgan fingerprint density at radius 1 is 1.43 bits per heavy atom. The molecule has 0 saturated carbocycles. The molecule has 124 valence electrons. The summed E-state index contributed by atoms with van der Waals surface area (Å²) in [5, 5.41) is 8.74. The first kappa shape index (κ1) is 17.3. The molecule has 1 amide bonds. The molecular formula is C15H18N2O5S. The van der Waals surface area contributed by atoms with E-state index in [9.17, 15) is 13.2 Å². The maximum atomic E-state index is 12.6. The van der Waals surface area contributed by atoms with Gasteiger partial charge in [-0.1, -0.05) is 5.92 Å². The highest BCUT2D eigenvalue weighted by atomic mass is 32.2. The van der Waals surface area contributed by atoms with Crippen molar-refractivity contribution in [2.24, 2.45) is 0 Å². The van der Waals surface area contributed by atoms with E-state index in [4.69, 9.17) is 9.94 Å². The summed E-state index contributed by atoms with van der Waals surface area (Å²) in [7, 11) is -3.81. The van der Waals surface area contributed by atoms with Gasteiger partial charge in [0.25, 0.3) is 5.91 Å². The van der Waals surface area contributed by atoms with Gasteiger partial charge in [-0.2, -0.15) is 4.31 Å². The monoisotopic (exact) mass is 338 g/mol. The fourth-order valence-corrected chi connectivity index (χ4v) is 4.06.